The molecule has 0 aliphatic carbocycles. The highest BCUT2D eigenvalue weighted by Gasteiger charge is 2.27. The molecule has 3 aromatic carbocycles. The summed E-state index contributed by atoms with van der Waals surface area (Å²) in [5, 5.41) is 4.72. The van der Waals surface area contributed by atoms with Crippen molar-refractivity contribution in [1.29, 1.82) is 0 Å². The summed E-state index contributed by atoms with van der Waals surface area (Å²) in [4.78, 5) is 12.9. The molecule has 1 heterocycles. The van der Waals surface area contributed by atoms with Crippen molar-refractivity contribution in [3.05, 3.63) is 111 Å². The van der Waals surface area contributed by atoms with E-state index in [4.69, 9.17) is 11.6 Å². The number of hydrogen-bond acceptors (Lipinski definition) is 4. The van der Waals surface area contributed by atoms with Crippen LogP contribution in [0.4, 0.5) is 5.69 Å². The van der Waals surface area contributed by atoms with Gasteiger partial charge in [-0.2, -0.15) is 5.10 Å². The van der Waals surface area contributed by atoms with E-state index in [9.17, 15) is 13.2 Å². The number of carbonyl (C=O) groups excluding carboxylic acids is 1. The van der Waals surface area contributed by atoms with Crippen molar-refractivity contribution < 1.29 is 13.2 Å². The molecule has 190 valence electrons. The van der Waals surface area contributed by atoms with Gasteiger partial charge in [-0.05, 0) is 68.4 Å². The Morgan fingerprint density at radius 1 is 1.03 bits per heavy atom. The number of hydrogen-bond donors (Lipinski definition) is 1. The van der Waals surface area contributed by atoms with Gasteiger partial charge in [0.1, 0.15) is 6.54 Å². The molecule has 10 heteroatoms. The quantitative estimate of drug-likeness (QED) is 0.204. The molecule has 7 nitrogen and oxygen atoms in total. The van der Waals surface area contributed by atoms with Crippen LogP contribution in [-0.4, -0.2) is 31.7 Å². The third-order valence-electron chi connectivity index (χ3n) is 5.64. The van der Waals surface area contributed by atoms with E-state index in [0.717, 1.165) is 26.9 Å². The zero-order valence-corrected chi connectivity index (χ0v) is 23.3. The number of hydrazone groups is 1. The number of rotatable bonds is 8. The van der Waals surface area contributed by atoms with Crippen molar-refractivity contribution in [2.24, 2.45) is 5.10 Å². The zero-order chi connectivity index (χ0) is 26.6. The van der Waals surface area contributed by atoms with Crippen molar-refractivity contribution >= 4 is 55.4 Å². The lowest BCUT2D eigenvalue weighted by atomic mass is 10.2. The number of anilines is 1. The van der Waals surface area contributed by atoms with E-state index < -0.39 is 22.5 Å². The fourth-order valence-corrected chi connectivity index (χ4v) is 5.94. The number of nitrogens with one attached hydrogen (secondary N) is 1. The molecule has 0 unspecified atom stereocenters. The molecule has 0 saturated carbocycles. The van der Waals surface area contributed by atoms with E-state index in [2.05, 4.69) is 26.5 Å². The summed E-state index contributed by atoms with van der Waals surface area (Å²) in [6.07, 6.45) is 1.54. The second-order valence-electron chi connectivity index (χ2n) is 8.24. The molecule has 0 bridgehead atoms. The summed E-state index contributed by atoms with van der Waals surface area (Å²) in [6, 6.07) is 24.2. The normalized spacial score (nSPS) is 11.6. The topological polar surface area (TPSA) is 83.8 Å². The summed E-state index contributed by atoms with van der Waals surface area (Å²) >= 11 is 9.52. The minimum atomic E-state index is -4.00. The van der Waals surface area contributed by atoms with Gasteiger partial charge >= 0.3 is 0 Å². The summed E-state index contributed by atoms with van der Waals surface area (Å²) in [5.74, 6) is -0.584. The van der Waals surface area contributed by atoms with E-state index >= 15 is 0 Å². The number of aromatic nitrogens is 1. The van der Waals surface area contributed by atoms with Crippen molar-refractivity contribution in [1.82, 2.24) is 9.99 Å². The number of aryl methyl sites for hydroxylation is 1. The third-order valence-corrected chi connectivity index (χ3v) is 8.16. The van der Waals surface area contributed by atoms with Gasteiger partial charge < -0.3 is 4.57 Å². The Labute approximate surface area is 229 Å². The molecular weight excluding hydrogens is 576 g/mol. The van der Waals surface area contributed by atoms with E-state index in [1.807, 2.05) is 48.7 Å². The summed E-state index contributed by atoms with van der Waals surface area (Å²) in [6.45, 7) is 3.46. The van der Waals surface area contributed by atoms with Crippen LogP contribution in [0.5, 0.6) is 0 Å². The molecule has 4 rings (SSSR count). The molecule has 0 fully saturated rings. The second kappa shape index (κ2) is 11.3. The number of halogens is 2. The first-order valence-electron chi connectivity index (χ1n) is 11.3. The van der Waals surface area contributed by atoms with E-state index in [0.29, 0.717) is 15.2 Å². The van der Waals surface area contributed by atoms with Crippen LogP contribution in [-0.2, 0) is 14.8 Å². The summed E-state index contributed by atoms with van der Waals surface area (Å²) in [7, 11) is -4.00. The molecule has 0 radical (unpaired) electrons. The van der Waals surface area contributed by atoms with Gasteiger partial charge in [0, 0.05) is 32.1 Å². The maximum atomic E-state index is 13.4. The molecule has 37 heavy (non-hydrogen) atoms. The Morgan fingerprint density at radius 2 is 1.76 bits per heavy atom. The van der Waals surface area contributed by atoms with Gasteiger partial charge in [-0.25, -0.2) is 13.8 Å². The average Bonchev–Trinajstić information content (AvgIpc) is 3.15. The molecular formula is C27H24BrClN4O3S. The van der Waals surface area contributed by atoms with Crippen LogP contribution in [0.1, 0.15) is 17.0 Å². The van der Waals surface area contributed by atoms with Crippen LogP contribution in [0.25, 0.3) is 5.69 Å². The lowest BCUT2D eigenvalue weighted by Gasteiger charge is -2.23. The standard InChI is InChI=1S/C27H24BrClN4O3S/c1-19-14-21(20(2)33(19)25-11-7-9-23(29)16-25)17-30-31-27(34)18-32(24-10-6-8-22(28)15-24)37(35,36)26-12-4-3-5-13-26/h3-17H,18H2,1-2H3,(H,31,34)/b30-17+. The van der Waals surface area contributed by atoms with Gasteiger partial charge in [0.2, 0.25) is 0 Å². The molecule has 1 N–H and O–H groups in total. The van der Waals surface area contributed by atoms with Gasteiger partial charge in [0.15, 0.2) is 0 Å². The minimum Gasteiger partial charge on any atom is -0.318 e. The van der Waals surface area contributed by atoms with Crippen molar-refractivity contribution in [3.8, 4) is 5.69 Å². The Bertz CT molecular complexity index is 1570. The van der Waals surface area contributed by atoms with Gasteiger partial charge in [0.05, 0.1) is 16.8 Å². The summed E-state index contributed by atoms with van der Waals surface area (Å²) < 4.78 is 30.6. The molecule has 4 aromatic rings. The van der Waals surface area contributed by atoms with Gasteiger partial charge in [-0.3, -0.25) is 9.10 Å². The maximum absolute atomic E-state index is 13.4. The largest absolute Gasteiger partial charge is 0.318 e. The minimum absolute atomic E-state index is 0.0831. The molecule has 0 spiro atoms. The van der Waals surface area contributed by atoms with E-state index in [1.165, 1.54) is 18.3 Å². The van der Waals surface area contributed by atoms with E-state index in [1.54, 1.807) is 42.5 Å². The third kappa shape index (κ3) is 6.12. The molecule has 0 saturated heterocycles. The lowest BCUT2D eigenvalue weighted by molar-refractivity contribution is -0.119. The van der Waals surface area contributed by atoms with Gasteiger partial charge in [-0.15, -0.1) is 0 Å². The SMILES string of the molecule is Cc1cc(/C=N/NC(=O)CN(c2cccc(Br)c2)S(=O)(=O)c2ccccc2)c(C)n1-c1cccc(Cl)c1. The van der Waals surface area contributed by atoms with Crippen LogP contribution in [0.15, 0.2) is 99.4 Å². The maximum Gasteiger partial charge on any atom is 0.264 e. The zero-order valence-electron chi connectivity index (χ0n) is 20.1. The summed E-state index contributed by atoms with van der Waals surface area (Å²) in [5.41, 5.74) is 6.42. The number of nitrogens with zero attached hydrogens (tertiary/aromatic N) is 3. The number of benzene rings is 3. The van der Waals surface area contributed by atoms with Crippen LogP contribution >= 0.6 is 27.5 Å². The number of amides is 1. The molecule has 1 amide bonds. The molecule has 0 aliphatic rings. The van der Waals surface area contributed by atoms with Gasteiger partial charge in [-0.1, -0.05) is 57.9 Å². The van der Waals surface area contributed by atoms with Crippen molar-refractivity contribution in [2.45, 2.75) is 18.7 Å². The molecule has 1 aromatic heterocycles. The van der Waals surface area contributed by atoms with Gasteiger partial charge in [0.25, 0.3) is 15.9 Å². The monoisotopic (exact) mass is 598 g/mol. The smallest absolute Gasteiger partial charge is 0.264 e. The predicted octanol–water partition coefficient (Wildman–Crippen LogP) is 5.86. The lowest BCUT2D eigenvalue weighted by Crippen LogP contribution is -2.39. The first-order valence-corrected chi connectivity index (χ1v) is 13.9. The fourth-order valence-electron chi connectivity index (χ4n) is 3.94. The average molecular weight is 600 g/mol. The predicted molar refractivity (Wildman–Crippen MR) is 151 cm³/mol. The van der Waals surface area contributed by atoms with Crippen LogP contribution in [0, 0.1) is 13.8 Å². The van der Waals surface area contributed by atoms with Crippen LogP contribution in [0.2, 0.25) is 5.02 Å². The molecule has 0 atom stereocenters. The Balaban J connectivity index is 1.55. The van der Waals surface area contributed by atoms with Crippen molar-refractivity contribution in [2.75, 3.05) is 10.8 Å². The first kappa shape index (κ1) is 26.7. The first-order chi connectivity index (χ1) is 17.7. The highest BCUT2D eigenvalue weighted by molar-refractivity contribution is 9.10. The van der Waals surface area contributed by atoms with Crippen LogP contribution in [0.3, 0.4) is 0 Å². The molecule has 0 aliphatic heterocycles. The van der Waals surface area contributed by atoms with E-state index in [-0.39, 0.29) is 4.90 Å². The fraction of sp³-hybridized carbons (Fsp3) is 0.111. The second-order valence-corrected chi connectivity index (χ2v) is 11.5. The van der Waals surface area contributed by atoms with Crippen molar-refractivity contribution in [3.63, 3.8) is 0 Å². The Kier molecular flexibility index (Phi) is 8.16. The highest BCUT2D eigenvalue weighted by Crippen LogP contribution is 2.26. The highest BCUT2D eigenvalue weighted by atomic mass is 79.9. The number of sulfonamides is 1. The Morgan fingerprint density at radius 3 is 2.46 bits per heavy atom. The van der Waals surface area contributed by atoms with Crippen LogP contribution < -0.4 is 9.73 Å². The number of carbonyl (C=O) groups is 1. The Hall–Kier alpha value is -3.40.